The van der Waals surface area contributed by atoms with Gasteiger partial charge in [0.15, 0.2) is 5.96 Å². The van der Waals surface area contributed by atoms with Crippen molar-refractivity contribution in [1.82, 2.24) is 20.5 Å². The van der Waals surface area contributed by atoms with Gasteiger partial charge in [-0.05, 0) is 45.2 Å². The standard InChI is InChI=1S/C23H40N6O2/c1-3-24-23(26-10-5-15-31-19-20-7-16-30-17-8-20)27-18-21-6-4-9-25-22(21)29-13-11-28(2)12-14-29/h4,6,9,20H,3,5,7-8,10-19H2,1-2H3,(H2,24,26,27). The van der Waals surface area contributed by atoms with E-state index in [2.05, 4.69) is 45.5 Å². The third-order valence-electron chi connectivity index (χ3n) is 5.87. The van der Waals surface area contributed by atoms with Crippen molar-refractivity contribution in [3.05, 3.63) is 23.9 Å². The fourth-order valence-electron chi connectivity index (χ4n) is 3.91. The monoisotopic (exact) mass is 432 g/mol. The molecule has 0 atom stereocenters. The molecule has 174 valence electrons. The summed E-state index contributed by atoms with van der Waals surface area (Å²) in [6.45, 7) is 11.9. The van der Waals surface area contributed by atoms with E-state index in [-0.39, 0.29) is 0 Å². The van der Waals surface area contributed by atoms with Gasteiger partial charge in [0.1, 0.15) is 5.82 Å². The predicted molar refractivity (Wildman–Crippen MR) is 126 cm³/mol. The quantitative estimate of drug-likeness (QED) is 0.331. The van der Waals surface area contributed by atoms with Crippen LogP contribution in [0.5, 0.6) is 0 Å². The molecule has 3 heterocycles. The van der Waals surface area contributed by atoms with Gasteiger partial charge in [0.2, 0.25) is 0 Å². The average Bonchev–Trinajstić information content (AvgIpc) is 2.81. The van der Waals surface area contributed by atoms with Crippen molar-refractivity contribution < 1.29 is 9.47 Å². The SMILES string of the molecule is CCNC(=NCc1cccnc1N1CCN(C)CC1)NCCCOCC1CCOCC1. The highest BCUT2D eigenvalue weighted by atomic mass is 16.5. The Bertz CT molecular complexity index is 657. The van der Waals surface area contributed by atoms with Crippen molar-refractivity contribution in [2.45, 2.75) is 32.7 Å². The van der Waals surface area contributed by atoms with Crippen LogP contribution in [0.3, 0.4) is 0 Å². The van der Waals surface area contributed by atoms with Gasteiger partial charge in [0.05, 0.1) is 6.54 Å². The molecule has 0 amide bonds. The van der Waals surface area contributed by atoms with Crippen molar-refractivity contribution in [3.63, 3.8) is 0 Å². The molecule has 0 unspecified atom stereocenters. The zero-order valence-corrected chi connectivity index (χ0v) is 19.3. The Morgan fingerprint density at radius 2 is 2.03 bits per heavy atom. The van der Waals surface area contributed by atoms with Crippen LogP contribution in [0.25, 0.3) is 0 Å². The fourth-order valence-corrected chi connectivity index (χ4v) is 3.91. The smallest absolute Gasteiger partial charge is 0.191 e. The van der Waals surface area contributed by atoms with Gasteiger partial charge >= 0.3 is 0 Å². The van der Waals surface area contributed by atoms with Gasteiger partial charge in [-0.3, -0.25) is 0 Å². The number of aliphatic imine (C=N–C) groups is 1. The number of anilines is 1. The van der Waals surface area contributed by atoms with Gasteiger partial charge in [-0.15, -0.1) is 0 Å². The molecular formula is C23H40N6O2. The summed E-state index contributed by atoms with van der Waals surface area (Å²) in [6, 6.07) is 4.14. The number of aromatic nitrogens is 1. The lowest BCUT2D eigenvalue weighted by Gasteiger charge is -2.34. The first kappa shape index (κ1) is 23.8. The Morgan fingerprint density at radius 1 is 1.23 bits per heavy atom. The number of pyridine rings is 1. The number of rotatable bonds is 10. The summed E-state index contributed by atoms with van der Waals surface area (Å²) < 4.78 is 11.3. The van der Waals surface area contributed by atoms with E-state index >= 15 is 0 Å². The second kappa shape index (κ2) is 13.5. The van der Waals surface area contributed by atoms with Crippen LogP contribution in [0.4, 0.5) is 5.82 Å². The zero-order valence-electron chi connectivity index (χ0n) is 19.3. The Kier molecular flexibility index (Phi) is 10.3. The highest BCUT2D eigenvalue weighted by molar-refractivity contribution is 5.79. The molecule has 0 saturated carbocycles. The number of nitrogens with zero attached hydrogens (tertiary/aromatic N) is 4. The van der Waals surface area contributed by atoms with Crippen LogP contribution in [-0.4, -0.2) is 88.6 Å². The Balaban J connectivity index is 1.43. The highest BCUT2D eigenvalue weighted by Crippen LogP contribution is 2.19. The minimum absolute atomic E-state index is 0.616. The first-order valence-electron chi connectivity index (χ1n) is 11.8. The second-order valence-electron chi connectivity index (χ2n) is 8.38. The van der Waals surface area contributed by atoms with Crippen LogP contribution in [0, 0.1) is 5.92 Å². The molecule has 1 aromatic rings. The summed E-state index contributed by atoms with van der Waals surface area (Å²) in [7, 11) is 2.17. The summed E-state index contributed by atoms with van der Waals surface area (Å²) in [4.78, 5) is 14.2. The fraction of sp³-hybridized carbons (Fsp3) is 0.739. The van der Waals surface area contributed by atoms with Gasteiger partial charge in [-0.2, -0.15) is 0 Å². The van der Waals surface area contributed by atoms with Gasteiger partial charge in [-0.25, -0.2) is 9.98 Å². The summed E-state index contributed by atoms with van der Waals surface area (Å²) in [6.07, 6.45) is 5.09. The van der Waals surface area contributed by atoms with Crippen molar-refractivity contribution >= 4 is 11.8 Å². The highest BCUT2D eigenvalue weighted by Gasteiger charge is 2.18. The van der Waals surface area contributed by atoms with E-state index < -0.39 is 0 Å². The molecule has 2 N–H and O–H groups in total. The number of nitrogens with one attached hydrogen (secondary N) is 2. The van der Waals surface area contributed by atoms with E-state index in [1.165, 1.54) is 5.56 Å². The Hall–Kier alpha value is -1.90. The molecule has 0 spiro atoms. The lowest BCUT2D eigenvalue weighted by molar-refractivity contribution is 0.0203. The Morgan fingerprint density at radius 3 is 2.81 bits per heavy atom. The number of piperazine rings is 1. The molecule has 2 fully saturated rings. The number of hydrogen-bond acceptors (Lipinski definition) is 6. The maximum atomic E-state index is 5.86. The summed E-state index contributed by atoms with van der Waals surface area (Å²) in [5, 5.41) is 6.78. The van der Waals surface area contributed by atoms with Gasteiger partial charge in [0.25, 0.3) is 0 Å². The topological polar surface area (TPSA) is 74.3 Å². The van der Waals surface area contributed by atoms with Crippen LogP contribution < -0.4 is 15.5 Å². The third kappa shape index (κ3) is 8.27. The molecule has 8 nitrogen and oxygen atoms in total. The van der Waals surface area contributed by atoms with Crippen molar-refractivity contribution in [3.8, 4) is 0 Å². The normalized spacial score (nSPS) is 18.9. The van der Waals surface area contributed by atoms with Gasteiger partial charge in [-0.1, -0.05) is 6.07 Å². The molecule has 0 aliphatic carbocycles. The first-order chi connectivity index (χ1) is 15.3. The van der Waals surface area contributed by atoms with E-state index in [1.807, 2.05) is 12.3 Å². The van der Waals surface area contributed by atoms with E-state index in [4.69, 9.17) is 14.5 Å². The Labute approximate surface area is 187 Å². The molecule has 2 aliphatic rings. The molecule has 1 aromatic heterocycles. The number of likely N-dealkylation sites (N-methyl/N-ethyl adjacent to an activating group) is 1. The molecule has 2 saturated heterocycles. The molecule has 31 heavy (non-hydrogen) atoms. The molecule has 0 radical (unpaired) electrons. The molecule has 0 aromatic carbocycles. The molecule has 2 aliphatic heterocycles. The lowest BCUT2D eigenvalue weighted by atomic mass is 10.0. The zero-order chi connectivity index (χ0) is 21.7. The largest absolute Gasteiger partial charge is 0.381 e. The van der Waals surface area contributed by atoms with Crippen molar-refractivity contribution in [2.24, 2.45) is 10.9 Å². The van der Waals surface area contributed by atoms with Crippen LogP contribution in [-0.2, 0) is 16.0 Å². The predicted octanol–water partition coefficient (Wildman–Crippen LogP) is 1.72. The third-order valence-corrected chi connectivity index (χ3v) is 5.87. The average molecular weight is 433 g/mol. The summed E-state index contributed by atoms with van der Waals surface area (Å²) in [5.41, 5.74) is 1.17. The van der Waals surface area contributed by atoms with Gasteiger partial charge < -0.3 is 29.9 Å². The van der Waals surface area contributed by atoms with Crippen LogP contribution in [0.1, 0.15) is 31.7 Å². The minimum Gasteiger partial charge on any atom is -0.381 e. The van der Waals surface area contributed by atoms with Crippen LogP contribution in [0.15, 0.2) is 23.3 Å². The van der Waals surface area contributed by atoms with Crippen molar-refractivity contribution in [2.75, 3.05) is 77.6 Å². The molecular weight excluding hydrogens is 392 g/mol. The number of ether oxygens (including phenoxy) is 2. The summed E-state index contributed by atoms with van der Waals surface area (Å²) >= 11 is 0. The molecule has 3 rings (SSSR count). The van der Waals surface area contributed by atoms with E-state index in [9.17, 15) is 0 Å². The molecule has 8 heteroatoms. The van der Waals surface area contributed by atoms with Gasteiger partial charge in [0, 0.05) is 77.5 Å². The second-order valence-corrected chi connectivity index (χ2v) is 8.38. The lowest BCUT2D eigenvalue weighted by Crippen LogP contribution is -2.45. The first-order valence-corrected chi connectivity index (χ1v) is 11.8. The maximum Gasteiger partial charge on any atom is 0.191 e. The van der Waals surface area contributed by atoms with E-state index in [0.717, 1.165) is 96.7 Å². The number of hydrogen-bond donors (Lipinski definition) is 2. The van der Waals surface area contributed by atoms with E-state index in [0.29, 0.717) is 12.5 Å². The summed E-state index contributed by atoms with van der Waals surface area (Å²) in [5.74, 6) is 2.58. The minimum atomic E-state index is 0.616. The van der Waals surface area contributed by atoms with Crippen molar-refractivity contribution in [1.29, 1.82) is 0 Å². The maximum absolute atomic E-state index is 5.86. The van der Waals surface area contributed by atoms with Crippen LogP contribution in [0.2, 0.25) is 0 Å². The van der Waals surface area contributed by atoms with Crippen LogP contribution >= 0.6 is 0 Å². The van der Waals surface area contributed by atoms with E-state index in [1.54, 1.807) is 0 Å². The number of guanidine groups is 1. The molecule has 0 bridgehead atoms.